The second-order valence-electron chi connectivity index (χ2n) is 9.37. The van der Waals surface area contributed by atoms with Gasteiger partial charge in [-0.25, -0.2) is 0 Å². The van der Waals surface area contributed by atoms with E-state index in [-0.39, 0.29) is 17.9 Å². The van der Waals surface area contributed by atoms with E-state index >= 15 is 0 Å². The lowest BCUT2D eigenvalue weighted by atomic mass is 9.93. The Labute approximate surface area is 215 Å². The summed E-state index contributed by atoms with van der Waals surface area (Å²) in [5, 5.41) is 2.86. The Kier molecular flexibility index (Phi) is 7.23. The number of amides is 2. The molecule has 35 heavy (non-hydrogen) atoms. The minimum Gasteiger partial charge on any atom is -0.340 e. The van der Waals surface area contributed by atoms with Crippen molar-refractivity contribution in [3.63, 3.8) is 0 Å². The molecule has 5 nitrogen and oxygen atoms in total. The molecule has 1 fully saturated rings. The van der Waals surface area contributed by atoms with E-state index in [1.807, 2.05) is 53.1 Å². The number of thiophene rings is 1. The van der Waals surface area contributed by atoms with Gasteiger partial charge in [0.05, 0.1) is 12.6 Å². The Morgan fingerprint density at radius 2 is 1.63 bits per heavy atom. The molecular weight excluding hydrogens is 478 g/mol. The second-order valence-corrected chi connectivity index (χ2v) is 10.8. The maximum absolute atomic E-state index is 13.4. The van der Waals surface area contributed by atoms with Crippen molar-refractivity contribution in [2.75, 3.05) is 39.3 Å². The number of carbonyl (C=O) groups excluding carboxylic acids is 2. The van der Waals surface area contributed by atoms with Gasteiger partial charge in [-0.2, -0.15) is 0 Å². The molecular formula is C28H30ClN3O2S. The van der Waals surface area contributed by atoms with E-state index in [9.17, 15) is 9.59 Å². The van der Waals surface area contributed by atoms with Crippen LogP contribution in [0.3, 0.4) is 0 Å². The summed E-state index contributed by atoms with van der Waals surface area (Å²) in [6.07, 6.45) is 1.75. The molecule has 0 saturated carbocycles. The normalized spacial score (nSPS) is 18.7. The molecule has 2 aromatic carbocycles. The minimum atomic E-state index is 0.0446. The fourth-order valence-corrected chi connectivity index (χ4v) is 6.13. The Balaban J connectivity index is 1.27. The smallest absolute Gasteiger partial charge is 0.253 e. The lowest BCUT2D eigenvalue weighted by Gasteiger charge is -2.37. The average molecular weight is 508 g/mol. The molecule has 182 valence electrons. The summed E-state index contributed by atoms with van der Waals surface area (Å²) in [7, 11) is 0. The van der Waals surface area contributed by atoms with Gasteiger partial charge in [-0.3, -0.25) is 14.5 Å². The zero-order valence-corrected chi connectivity index (χ0v) is 21.5. The Bertz CT molecular complexity index is 1190. The third-order valence-corrected chi connectivity index (χ3v) is 8.27. The summed E-state index contributed by atoms with van der Waals surface area (Å²) < 4.78 is 0. The number of rotatable bonds is 4. The molecule has 0 N–H and O–H groups in total. The fourth-order valence-electron chi connectivity index (χ4n) is 5.10. The molecule has 2 aliphatic rings. The second kappa shape index (κ2) is 10.5. The molecule has 2 amide bonds. The van der Waals surface area contributed by atoms with Crippen molar-refractivity contribution in [1.29, 1.82) is 0 Å². The standard InChI is InChI=1S/C28H30ClN3O2S/c1-20-3-5-22(6-4-20)28(34)31-14-2-13-30(16-17-31)26(33)19-32-15-11-25-24(12-18-35-25)27(32)21-7-9-23(29)10-8-21/h3-10,12,18,27H,2,11,13-17,19H2,1H3/t27-/m1/s1. The van der Waals surface area contributed by atoms with E-state index < -0.39 is 0 Å². The SMILES string of the molecule is Cc1ccc(C(=O)N2CCCN(C(=O)CN3CCc4sccc4[C@H]3c3ccc(Cl)cc3)CC2)cc1. The van der Waals surface area contributed by atoms with Gasteiger partial charge in [0.25, 0.3) is 5.91 Å². The van der Waals surface area contributed by atoms with Crippen LogP contribution in [0.2, 0.25) is 5.02 Å². The zero-order valence-electron chi connectivity index (χ0n) is 20.0. The van der Waals surface area contributed by atoms with Gasteiger partial charge in [-0.15, -0.1) is 11.3 Å². The number of hydrogen-bond acceptors (Lipinski definition) is 4. The Morgan fingerprint density at radius 1 is 0.914 bits per heavy atom. The third-order valence-electron chi connectivity index (χ3n) is 7.02. The average Bonchev–Trinajstić information content (AvgIpc) is 3.20. The van der Waals surface area contributed by atoms with E-state index in [0.29, 0.717) is 43.3 Å². The molecule has 1 saturated heterocycles. The van der Waals surface area contributed by atoms with Gasteiger partial charge in [0.2, 0.25) is 5.91 Å². The largest absolute Gasteiger partial charge is 0.340 e. The van der Waals surface area contributed by atoms with E-state index in [2.05, 4.69) is 28.5 Å². The first-order chi connectivity index (χ1) is 17.0. The summed E-state index contributed by atoms with van der Waals surface area (Å²) in [5.74, 6) is 0.176. The molecule has 3 heterocycles. The van der Waals surface area contributed by atoms with Crippen LogP contribution >= 0.6 is 22.9 Å². The summed E-state index contributed by atoms with van der Waals surface area (Å²) in [4.78, 5) is 33.9. The van der Waals surface area contributed by atoms with Crippen LogP contribution < -0.4 is 0 Å². The van der Waals surface area contributed by atoms with Crippen molar-refractivity contribution in [2.24, 2.45) is 0 Å². The van der Waals surface area contributed by atoms with Crippen molar-refractivity contribution < 1.29 is 9.59 Å². The maximum atomic E-state index is 13.4. The molecule has 0 spiro atoms. The number of halogens is 1. The summed E-state index contributed by atoms with van der Waals surface area (Å²) in [6.45, 7) is 5.72. The summed E-state index contributed by atoms with van der Waals surface area (Å²) in [6, 6.07) is 17.9. The van der Waals surface area contributed by atoms with Gasteiger partial charge in [0.1, 0.15) is 0 Å². The van der Waals surface area contributed by atoms with Crippen molar-refractivity contribution in [3.05, 3.63) is 92.1 Å². The number of benzene rings is 2. The van der Waals surface area contributed by atoms with E-state index in [1.165, 1.54) is 10.4 Å². The molecule has 1 atom stereocenters. The van der Waals surface area contributed by atoms with Gasteiger partial charge in [0.15, 0.2) is 0 Å². The number of hydrogen-bond donors (Lipinski definition) is 0. The molecule has 2 aliphatic heterocycles. The molecule has 3 aromatic rings. The van der Waals surface area contributed by atoms with E-state index in [1.54, 1.807) is 11.3 Å². The number of fused-ring (bicyclic) bond motifs is 1. The van der Waals surface area contributed by atoms with Crippen LogP contribution in [0.5, 0.6) is 0 Å². The van der Waals surface area contributed by atoms with Crippen molar-refractivity contribution in [2.45, 2.75) is 25.8 Å². The van der Waals surface area contributed by atoms with E-state index in [0.717, 1.165) is 30.5 Å². The molecule has 0 radical (unpaired) electrons. The van der Waals surface area contributed by atoms with E-state index in [4.69, 9.17) is 11.6 Å². The predicted octanol–water partition coefficient (Wildman–Crippen LogP) is 5.03. The first kappa shape index (κ1) is 24.0. The lowest BCUT2D eigenvalue weighted by molar-refractivity contribution is -0.132. The molecule has 0 aliphatic carbocycles. The van der Waals surface area contributed by atoms with Crippen LogP contribution in [-0.4, -0.2) is 65.8 Å². The Morgan fingerprint density at radius 3 is 2.40 bits per heavy atom. The summed E-state index contributed by atoms with van der Waals surface area (Å²) >= 11 is 7.94. The zero-order chi connectivity index (χ0) is 24.4. The number of aryl methyl sites for hydroxylation is 1. The highest BCUT2D eigenvalue weighted by Gasteiger charge is 2.32. The quantitative estimate of drug-likeness (QED) is 0.497. The first-order valence-electron chi connectivity index (χ1n) is 12.2. The van der Waals surface area contributed by atoms with Crippen molar-refractivity contribution in [1.82, 2.24) is 14.7 Å². The number of carbonyl (C=O) groups is 2. The fraction of sp³-hybridized carbons (Fsp3) is 0.357. The Hall–Kier alpha value is -2.67. The number of nitrogens with zero attached hydrogens (tertiary/aromatic N) is 3. The van der Waals surface area contributed by atoms with Crippen molar-refractivity contribution in [3.8, 4) is 0 Å². The van der Waals surface area contributed by atoms with Crippen LogP contribution in [0.1, 0.15) is 44.4 Å². The van der Waals surface area contributed by atoms with Crippen LogP contribution in [0.4, 0.5) is 0 Å². The third kappa shape index (κ3) is 5.30. The summed E-state index contributed by atoms with van der Waals surface area (Å²) in [5.41, 5.74) is 4.30. The molecule has 5 rings (SSSR count). The highest BCUT2D eigenvalue weighted by Crippen LogP contribution is 2.38. The highest BCUT2D eigenvalue weighted by molar-refractivity contribution is 7.10. The van der Waals surface area contributed by atoms with Gasteiger partial charge in [0, 0.05) is 48.2 Å². The first-order valence-corrected chi connectivity index (χ1v) is 13.4. The maximum Gasteiger partial charge on any atom is 0.253 e. The van der Waals surface area contributed by atoms with Crippen LogP contribution in [0, 0.1) is 6.92 Å². The van der Waals surface area contributed by atoms with Gasteiger partial charge < -0.3 is 9.80 Å². The molecule has 1 aromatic heterocycles. The lowest BCUT2D eigenvalue weighted by Crippen LogP contribution is -2.45. The monoisotopic (exact) mass is 507 g/mol. The highest BCUT2D eigenvalue weighted by atomic mass is 35.5. The predicted molar refractivity (Wildman–Crippen MR) is 141 cm³/mol. The minimum absolute atomic E-state index is 0.0446. The molecule has 7 heteroatoms. The van der Waals surface area contributed by atoms with Gasteiger partial charge in [-0.1, -0.05) is 41.4 Å². The topological polar surface area (TPSA) is 43.9 Å². The van der Waals surface area contributed by atoms with Crippen LogP contribution in [0.15, 0.2) is 60.0 Å². The van der Waals surface area contributed by atoms with Crippen LogP contribution in [0.25, 0.3) is 0 Å². The molecule has 0 bridgehead atoms. The van der Waals surface area contributed by atoms with Crippen LogP contribution in [-0.2, 0) is 11.2 Å². The van der Waals surface area contributed by atoms with Gasteiger partial charge >= 0.3 is 0 Å². The van der Waals surface area contributed by atoms with Gasteiger partial charge in [-0.05, 0) is 66.6 Å². The molecule has 0 unspecified atom stereocenters. The van der Waals surface area contributed by atoms with Crippen molar-refractivity contribution >= 4 is 34.8 Å².